The van der Waals surface area contributed by atoms with E-state index in [1.807, 2.05) is 24.3 Å². The van der Waals surface area contributed by atoms with Crippen LogP contribution in [0.3, 0.4) is 0 Å². The van der Waals surface area contributed by atoms with Crippen LogP contribution in [0.4, 0.5) is 4.39 Å². The van der Waals surface area contributed by atoms with Crippen molar-refractivity contribution in [2.75, 3.05) is 7.11 Å². The molecule has 110 valence electrons. The average Bonchev–Trinajstić information content (AvgIpc) is 2.49. The first-order chi connectivity index (χ1) is 10.1. The summed E-state index contributed by atoms with van der Waals surface area (Å²) in [4.78, 5) is 11.9. The van der Waals surface area contributed by atoms with Crippen LogP contribution in [0.2, 0.25) is 5.02 Å². The van der Waals surface area contributed by atoms with Crippen LogP contribution in [-0.4, -0.2) is 12.9 Å². The summed E-state index contributed by atoms with van der Waals surface area (Å²) in [6, 6.07) is 11.8. The number of ether oxygens (including phenoxy) is 1. The van der Waals surface area contributed by atoms with Gasteiger partial charge in [0, 0.05) is 17.9 Å². The van der Waals surface area contributed by atoms with Gasteiger partial charge >= 0.3 is 0 Å². The average molecular weight is 307 g/mol. The van der Waals surface area contributed by atoms with Gasteiger partial charge in [0.15, 0.2) is 0 Å². The lowest BCUT2D eigenvalue weighted by Gasteiger charge is -2.05. The lowest BCUT2D eigenvalue weighted by molar-refractivity contribution is -0.118. The fraction of sp³-hybridized carbons (Fsp3) is 0.235. The van der Waals surface area contributed by atoms with Crippen LogP contribution in [0.25, 0.3) is 0 Å². The van der Waals surface area contributed by atoms with E-state index in [1.165, 1.54) is 18.2 Å². The van der Waals surface area contributed by atoms with Crippen molar-refractivity contribution in [2.24, 2.45) is 0 Å². The third kappa shape index (κ3) is 4.57. The smallest absolute Gasteiger partial charge is 0.137 e. The molecule has 0 unspecified atom stereocenters. The van der Waals surface area contributed by atoms with Crippen LogP contribution in [0.15, 0.2) is 42.5 Å². The Labute approximate surface area is 128 Å². The lowest BCUT2D eigenvalue weighted by Crippen LogP contribution is -2.06. The number of carbonyl (C=O) groups excluding carboxylic acids is 1. The Balaban J connectivity index is 1.91. The van der Waals surface area contributed by atoms with Gasteiger partial charge in [-0.15, -0.1) is 0 Å². The number of benzene rings is 2. The minimum Gasteiger partial charge on any atom is -0.497 e. The first kappa shape index (κ1) is 15.5. The van der Waals surface area contributed by atoms with Crippen molar-refractivity contribution in [1.82, 2.24) is 0 Å². The van der Waals surface area contributed by atoms with Gasteiger partial charge in [0.1, 0.15) is 17.3 Å². The molecular formula is C17H16ClFO2. The van der Waals surface area contributed by atoms with Crippen molar-refractivity contribution >= 4 is 17.4 Å². The minimum absolute atomic E-state index is 0.00742. The summed E-state index contributed by atoms with van der Waals surface area (Å²) in [5.41, 5.74) is 1.40. The molecular weight excluding hydrogens is 291 g/mol. The predicted octanol–water partition coefficient (Wildman–Crippen LogP) is 4.23. The summed E-state index contributed by atoms with van der Waals surface area (Å²) < 4.78 is 18.6. The van der Waals surface area contributed by atoms with Crippen molar-refractivity contribution in [2.45, 2.75) is 19.3 Å². The van der Waals surface area contributed by atoms with Crippen molar-refractivity contribution in [3.05, 3.63) is 64.4 Å². The lowest BCUT2D eigenvalue weighted by atomic mass is 10.0. The van der Waals surface area contributed by atoms with Crippen molar-refractivity contribution in [3.8, 4) is 5.75 Å². The van der Waals surface area contributed by atoms with E-state index in [9.17, 15) is 9.18 Å². The molecule has 2 aromatic rings. The fourth-order valence-electron chi connectivity index (χ4n) is 2.06. The molecule has 2 aromatic carbocycles. The highest BCUT2D eigenvalue weighted by molar-refractivity contribution is 6.30. The molecule has 0 spiro atoms. The third-order valence-corrected chi connectivity index (χ3v) is 3.48. The van der Waals surface area contributed by atoms with E-state index in [1.54, 1.807) is 7.11 Å². The topological polar surface area (TPSA) is 26.3 Å². The van der Waals surface area contributed by atoms with Gasteiger partial charge in [0.05, 0.1) is 7.11 Å². The second kappa shape index (κ2) is 7.23. The number of carbonyl (C=O) groups is 1. The fourth-order valence-corrected chi connectivity index (χ4v) is 2.25. The zero-order valence-corrected chi connectivity index (χ0v) is 12.5. The van der Waals surface area contributed by atoms with Crippen LogP contribution >= 0.6 is 11.6 Å². The zero-order chi connectivity index (χ0) is 15.2. The molecule has 2 nitrogen and oxygen atoms in total. The normalized spacial score (nSPS) is 10.4. The molecule has 21 heavy (non-hydrogen) atoms. The SMILES string of the molecule is COc1ccc(CCC(=O)Cc2cc(Cl)ccc2F)cc1. The van der Waals surface area contributed by atoms with E-state index in [0.29, 0.717) is 23.4 Å². The van der Waals surface area contributed by atoms with E-state index in [-0.39, 0.29) is 12.2 Å². The summed E-state index contributed by atoms with van der Waals surface area (Å²) in [7, 11) is 1.61. The summed E-state index contributed by atoms with van der Waals surface area (Å²) in [5, 5.41) is 0.439. The molecule has 2 rings (SSSR count). The largest absolute Gasteiger partial charge is 0.497 e. The van der Waals surface area contributed by atoms with Gasteiger partial charge in [-0.1, -0.05) is 23.7 Å². The number of methoxy groups -OCH3 is 1. The predicted molar refractivity (Wildman–Crippen MR) is 81.4 cm³/mol. The Kier molecular flexibility index (Phi) is 5.34. The Morgan fingerprint density at radius 2 is 1.90 bits per heavy atom. The van der Waals surface area contributed by atoms with E-state index in [2.05, 4.69) is 0 Å². The molecule has 0 amide bonds. The standard InChI is InChI=1S/C17H16ClFO2/c1-21-16-7-3-12(4-8-16)2-6-15(20)11-13-10-14(18)5-9-17(13)19/h3-5,7-10H,2,6,11H2,1H3. The first-order valence-electron chi connectivity index (χ1n) is 6.67. The van der Waals surface area contributed by atoms with E-state index in [4.69, 9.17) is 16.3 Å². The Morgan fingerprint density at radius 1 is 1.19 bits per heavy atom. The van der Waals surface area contributed by atoms with Gasteiger partial charge in [0.25, 0.3) is 0 Å². The molecule has 0 aliphatic carbocycles. The zero-order valence-electron chi connectivity index (χ0n) is 11.7. The highest BCUT2D eigenvalue weighted by Gasteiger charge is 2.09. The summed E-state index contributed by atoms with van der Waals surface area (Å²) in [6.07, 6.45) is 1.08. The highest BCUT2D eigenvalue weighted by atomic mass is 35.5. The highest BCUT2D eigenvalue weighted by Crippen LogP contribution is 2.17. The minimum atomic E-state index is -0.391. The van der Waals surface area contributed by atoms with Crippen molar-refractivity contribution in [3.63, 3.8) is 0 Å². The quantitative estimate of drug-likeness (QED) is 0.798. The molecule has 0 N–H and O–H groups in total. The van der Waals surface area contributed by atoms with E-state index >= 15 is 0 Å². The summed E-state index contributed by atoms with van der Waals surface area (Å²) in [6.45, 7) is 0. The van der Waals surface area contributed by atoms with Crippen LogP contribution in [0.5, 0.6) is 5.75 Å². The number of rotatable bonds is 6. The second-order valence-corrected chi connectivity index (χ2v) is 5.24. The molecule has 0 saturated carbocycles. The summed E-state index contributed by atoms with van der Waals surface area (Å²) >= 11 is 5.81. The maximum Gasteiger partial charge on any atom is 0.137 e. The molecule has 0 aliphatic heterocycles. The molecule has 0 bridgehead atoms. The molecule has 0 radical (unpaired) electrons. The number of hydrogen-bond donors (Lipinski definition) is 0. The van der Waals surface area contributed by atoms with Crippen LogP contribution in [-0.2, 0) is 17.6 Å². The molecule has 0 fully saturated rings. The van der Waals surface area contributed by atoms with Crippen LogP contribution in [0.1, 0.15) is 17.5 Å². The maximum atomic E-state index is 13.6. The second-order valence-electron chi connectivity index (χ2n) is 4.80. The van der Waals surface area contributed by atoms with Crippen molar-refractivity contribution in [1.29, 1.82) is 0 Å². The first-order valence-corrected chi connectivity index (χ1v) is 7.05. The Morgan fingerprint density at radius 3 is 2.57 bits per heavy atom. The Bertz CT molecular complexity index is 623. The number of halogens is 2. The van der Waals surface area contributed by atoms with Gasteiger partial charge in [-0.3, -0.25) is 4.79 Å². The maximum absolute atomic E-state index is 13.6. The number of hydrogen-bond acceptors (Lipinski definition) is 2. The molecule has 0 aromatic heterocycles. The van der Waals surface area contributed by atoms with Crippen LogP contribution < -0.4 is 4.74 Å². The van der Waals surface area contributed by atoms with Crippen molar-refractivity contribution < 1.29 is 13.9 Å². The van der Waals surface area contributed by atoms with Gasteiger partial charge < -0.3 is 4.74 Å². The van der Waals surface area contributed by atoms with E-state index in [0.717, 1.165) is 11.3 Å². The monoisotopic (exact) mass is 306 g/mol. The number of ketones is 1. The number of Topliss-reactive ketones (excluding diaryl/α,β-unsaturated/α-hetero) is 1. The van der Waals surface area contributed by atoms with Gasteiger partial charge in [-0.05, 0) is 47.9 Å². The van der Waals surface area contributed by atoms with Gasteiger partial charge in [0.2, 0.25) is 0 Å². The summed E-state index contributed by atoms with van der Waals surface area (Å²) in [5.74, 6) is 0.384. The van der Waals surface area contributed by atoms with E-state index < -0.39 is 5.82 Å². The number of aryl methyl sites for hydroxylation is 1. The molecule has 0 aliphatic rings. The van der Waals surface area contributed by atoms with Gasteiger partial charge in [-0.25, -0.2) is 4.39 Å². The van der Waals surface area contributed by atoms with Crippen LogP contribution in [0, 0.1) is 5.82 Å². The third-order valence-electron chi connectivity index (χ3n) is 3.25. The van der Waals surface area contributed by atoms with Gasteiger partial charge in [-0.2, -0.15) is 0 Å². The molecule has 0 saturated heterocycles. The molecule has 4 heteroatoms. The molecule has 0 heterocycles. The Hall–Kier alpha value is -1.87. The molecule has 0 atom stereocenters.